The predicted molar refractivity (Wildman–Crippen MR) is 84.9 cm³/mol. The predicted octanol–water partition coefficient (Wildman–Crippen LogP) is 1.48. The molecule has 0 spiro atoms. The summed E-state index contributed by atoms with van der Waals surface area (Å²) in [6, 6.07) is 3.18. The normalized spacial score (nSPS) is 18.1. The molecule has 1 fully saturated rings. The summed E-state index contributed by atoms with van der Waals surface area (Å²) in [4.78, 5) is 2.43. The number of nitrogens with zero attached hydrogens (tertiary/aromatic N) is 1. The Morgan fingerprint density at radius 2 is 2.00 bits per heavy atom. The molecule has 1 aliphatic heterocycles. The molecular weight excluding hydrogens is 310 g/mol. The Morgan fingerprint density at radius 1 is 1.38 bits per heavy atom. The van der Waals surface area contributed by atoms with Gasteiger partial charge in [0.1, 0.15) is 0 Å². The highest BCUT2D eigenvalue weighted by Gasteiger charge is 2.25. The lowest BCUT2D eigenvalue weighted by molar-refractivity contribution is 0.248. The van der Waals surface area contributed by atoms with Crippen LogP contribution in [0.25, 0.3) is 0 Å². The molecule has 1 heterocycles. The maximum Gasteiger partial charge on any atom is 0.241 e. The summed E-state index contributed by atoms with van der Waals surface area (Å²) in [6.07, 6.45) is 1.64. The van der Waals surface area contributed by atoms with Crippen LogP contribution in [0.1, 0.15) is 24.0 Å². The van der Waals surface area contributed by atoms with Crippen molar-refractivity contribution >= 4 is 21.6 Å². The maximum atomic E-state index is 12.6. The molecule has 0 saturated carbocycles. The first-order valence-corrected chi connectivity index (χ1v) is 8.89. The van der Waals surface area contributed by atoms with Crippen LogP contribution in [0.2, 0.25) is 5.02 Å². The molecule has 118 valence electrons. The van der Waals surface area contributed by atoms with Gasteiger partial charge in [-0.2, -0.15) is 0 Å². The summed E-state index contributed by atoms with van der Waals surface area (Å²) in [6.45, 7) is 3.83. The standard InChI is InChI=1S/C14H22ClN3O2S/c1-10-11(9-16)7-12(15)8-14(10)21(19,20)17-13-3-5-18(2)6-4-13/h7-8,13,17H,3-6,9,16H2,1-2H3. The third-order valence-electron chi connectivity index (χ3n) is 3.98. The van der Waals surface area contributed by atoms with Gasteiger partial charge >= 0.3 is 0 Å². The zero-order valence-corrected chi connectivity index (χ0v) is 14.0. The number of nitrogens with one attached hydrogen (secondary N) is 1. The van der Waals surface area contributed by atoms with Crippen molar-refractivity contribution in [3.05, 3.63) is 28.3 Å². The molecule has 0 atom stereocenters. The lowest BCUT2D eigenvalue weighted by atomic mass is 10.1. The fraction of sp³-hybridized carbons (Fsp3) is 0.571. The van der Waals surface area contributed by atoms with E-state index in [1.165, 1.54) is 6.07 Å². The van der Waals surface area contributed by atoms with E-state index < -0.39 is 10.0 Å². The van der Waals surface area contributed by atoms with Crippen LogP contribution in [-0.2, 0) is 16.6 Å². The molecule has 21 heavy (non-hydrogen) atoms. The topological polar surface area (TPSA) is 75.4 Å². The van der Waals surface area contributed by atoms with Crippen molar-refractivity contribution in [2.45, 2.75) is 37.2 Å². The van der Waals surface area contributed by atoms with Crippen LogP contribution >= 0.6 is 11.6 Å². The third-order valence-corrected chi connectivity index (χ3v) is 5.85. The van der Waals surface area contributed by atoms with Gasteiger partial charge in [-0.05, 0) is 63.2 Å². The summed E-state index contributed by atoms with van der Waals surface area (Å²) in [5, 5.41) is 0.393. The highest BCUT2D eigenvalue weighted by atomic mass is 35.5. The number of hydrogen-bond acceptors (Lipinski definition) is 4. The molecule has 7 heteroatoms. The molecule has 1 saturated heterocycles. The van der Waals surface area contributed by atoms with Crippen molar-refractivity contribution in [1.29, 1.82) is 0 Å². The SMILES string of the molecule is Cc1c(CN)cc(Cl)cc1S(=O)(=O)NC1CCN(C)CC1. The average molecular weight is 332 g/mol. The molecule has 0 amide bonds. The van der Waals surface area contributed by atoms with Crippen LogP contribution in [0.5, 0.6) is 0 Å². The average Bonchev–Trinajstić information content (AvgIpc) is 2.43. The Labute approximate surface area is 131 Å². The van der Waals surface area contributed by atoms with E-state index >= 15 is 0 Å². The van der Waals surface area contributed by atoms with E-state index in [1.54, 1.807) is 13.0 Å². The summed E-state index contributed by atoms with van der Waals surface area (Å²) >= 11 is 6.01. The van der Waals surface area contributed by atoms with Gasteiger partial charge in [0.15, 0.2) is 0 Å². The molecule has 5 nitrogen and oxygen atoms in total. The zero-order valence-electron chi connectivity index (χ0n) is 12.4. The Morgan fingerprint density at radius 3 is 2.57 bits per heavy atom. The fourth-order valence-corrected chi connectivity index (χ4v) is 4.53. The molecule has 2 rings (SSSR count). The summed E-state index contributed by atoms with van der Waals surface area (Å²) in [7, 11) is -1.53. The van der Waals surface area contributed by atoms with Crippen molar-refractivity contribution in [2.24, 2.45) is 5.73 Å². The molecule has 3 N–H and O–H groups in total. The van der Waals surface area contributed by atoms with Gasteiger partial charge in [-0.1, -0.05) is 11.6 Å². The van der Waals surface area contributed by atoms with Crippen molar-refractivity contribution in [2.75, 3.05) is 20.1 Å². The van der Waals surface area contributed by atoms with Gasteiger partial charge < -0.3 is 10.6 Å². The first-order valence-electron chi connectivity index (χ1n) is 7.03. The van der Waals surface area contributed by atoms with Gasteiger partial charge in [0, 0.05) is 17.6 Å². The van der Waals surface area contributed by atoms with E-state index in [0.29, 0.717) is 10.6 Å². The van der Waals surface area contributed by atoms with E-state index in [1.807, 2.05) is 7.05 Å². The number of halogens is 1. The van der Waals surface area contributed by atoms with Crippen molar-refractivity contribution < 1.29 is 8.42 Å². The molecule has 1 aromatic carbocycles. The van der Waals surface area contributed by atoms with Gasteiger partial charge in [-0.15, -0.1) is 0 Å². The van der Waals surface area contributed by atoms with Gasteiger partial charge in [0.25, 0.3) is 0 Å². The Bertz CT molecular complexity index is 611. The molecule has 0 aromatic heterocycles. The highest BCUT2D eigenvalue weighted by molar-refractivity contribution is 7.89. The quantitative estimate of drug-likeness (QED) is 0.876. The number of hydrogen-bond donors (Lipinski definition) is 2. The first-order chi connectivity index (χ1) is 9.83. The first kappa shape index (κ1) is 16.7. The maximum absolute atomic E-state index is 12.6. The number of rotatable bonds is 4. The highest BCUT2D eigenvalue weighted by Crippen LogP contribution is 2.25. The van der Waals surface area contributed by atoms with Crippen molar-refractivity contribution in [1.82, 2.24) is 9.62 Å². The molecule has 1 aliphatic rings. The molecule has 1 aromatic rings. The van der Waals surface area contributed by atoms with Gasteiger partial charge in [-0.25, -0.2) is 13.1 Å². The lowest BCUT2D eigenvalue weighted by Gasteiger charge is -2.29. The fourth-order valence-electron chi connectivity index (χ4n) is 2.61. The van der Waals surface area contributed by atoms with Crippen LogP contribution in [0.3, 0.4) is 0 Å². The molecular formula is C14H22ClN3O2S. The summed E-state index contributed by atoms with van der Waals surface area (Å²) in [5.41, 5.74) is 7.08. The number of sulfonamides is 1. The minimum absolute atomic E-state index is 0.0223. The number of nitrogens with two attached hydrogens (primary N) is 1. The van der Waals surface area contributed by atoms with Gasteiger partial charge in [0.2, 0.25) is 10.0 Å². The molecule has 0 aliphatic carbocycles. The van der Waals surface area contributed by atoms with Crippen LogP contribution in [-0.4, -0.2) is 39.5 Å². The van der Waals surface area contributed by atoms with Crippen LogP contribution in [0, 0.1) is 6.92 Å². The number of benzene rings is 1. The zero-order chi connectivity index (χ0) is 15.6. The second-order valence-corrected chi connectivity index (χ2v) is 7.71. The van der Waals surface area contributed by atoms with Crippen LogP contribution < -0.4 is 10.5 Å². The van der Waals surface area contributed by atoms with Crippen LogP contribution in [0.4, 0.5) is 0 Å². The number of piperidine rings is 1. The van der Waals surface area contributed by atoms with Crippen LogP contribution in [0.15, 0.2) is 17.0 Å². The van der Waals surface area contributed by atoms with Crippen molar-refractivity contribution in [3.8, 4) is 0 Å². The Kier molecular flexibility index (Phi) is 5.27. The number of likely N-dealkylation sites (tertiary alicyclic amines) is 1. The largest absolute Gasteiger partial charge is 0.326 e. The van der Waals surface area contributed by atoms with E-state index in [0.717, 1.165) is 31.5 Å². The van der Waals surface area contributed by atoms with E-state index in [4.69, 9.17) is 17.3 Å². The minimum atomic E-state index is -3.57. The Balaban J connectivity index is 2.25. The molecule has 0 radical (unpaired) electrons. The van der Waals surface area contributed by atoms with Crippen molar-refractivity contribution in [3.63, 3.8) is 0 Å². The van der Waals surface area contributed by atoms with Gasteiger partial charge in [0.05, 0.1) is 4.90 Å². The van der Waals surface area contributed by atoms with E-state index in [9.17, 15) is 8.42 Å². The summed E-state index contributed by atoms with van der Waals surface area (Å²) < 4.78 is 28.0. The third kappa shape index (κ3) is 3.96. The smallest absolute Gasteiger partial charge is 0.241 e. The Hall–Kier alpha value is -0.660. The minimum Gasteiger partial charge on any atom is -0.326 e. The van der Waals surface area contributed by atoms with E-state index in [2.05, 4.69) is 9.62 Å². The second-order valence-electron chi connectivity index (χ2n) is 5.59. The summed E-state index contributed by atoms with van der Waals surface area (Å²) in [5.74, 6) is 0. The lowest BCUT2D eigenvalue weighted by Crippen LogP contribution is -2.43. The van der Waals surface area contributed by atoms with Gasteiger partial charge in [-0.3, -0.25) is 0 Å². The second kappa shape index (κ2) is 6.62. The van der Waals surface area contributed by atoms with E-state index in [-0.39, 0.29) is 17.5 Å². The molecule has 0 unspecified atom stereocenters. The monoisotopic (exact) mass is 331 g/mol. The molecule has 0 bridgehead atoms.